The van der Waals surface area contributed by atoms with Crippen LogP contribution in [0.15, 0.2) is 53.6 Å². The van der Waals surface area contributed by atoms with Crippen LogP contribution in [0.5, 0.6) is 0 Å². The number of nitrogens with zero attached hydrogens (tertiary/aromatic N) is 3. The Hall–Kier alpha value is -3.01. The number of hydrogen-bond acceptors (Lipinski definition) is 6. The van der Waals surface area contributed by atoms with E-state index in [2.05, 4.69) is 27.5 Å². The molecule has 0 saturated carbocycles. The molecule has 3 heterocycles. The number of anilines is 3. The third kappa shape index (κ3) is 4.51. The molecule has 1 fully saturated rings. The minimum absolute atomic E-state index is 0.156. The molecule has 10 heteroatoms. The lowest BCUT2D eigenvalue weighted by Crippen LogP contribution is -2.37. The zero-order valence-corrected chi connectivity index (χ0v) is 20.2. The molecule has 8 nitrogen and oxygen atoms in total. The van der Waals surface area contributed by atoms with E-state index in [-0.39, 0.29) is 17.2 Å². The Bertz CT molecular complexity index is 1350. The largest absolute Gasteiger partial charge is 0.325 e. The first kappa shape index (κ1) is 22.8. The standard InChI is InChI=1S/C24H24ClN5O3S/c1-15-8-10-30(11-9-15)34(32,33)19-5-3-18(4-6-19)27-24-26-14-16-12-22(31)28-21-13-17(25)2-7-20(21)23(16)29-24/h2-7,13-15H,8-12H2,1H3,(H,28,31)(H,26,27,29). The van der Waals surface area contributed by atoms with Crippen LogP contribution in [0, 0.1) is 5.92 Å². The molecule has 0 spiro atoms. The number of sulfonamides is 1. The van der Waals surface area contributed by atoms with Crippen molar-refractivity contribution in [2.45, 2.75) is 31.1 Å². The Morgan fingerprint density at radius 1 is 1.12 bits per heavy atom. The molecule has 5 rings (SSSR count). The zero-order chi connectivity index (χ0) is 23.9. The molecule has 34 heavy (non-hydrogen) atoms. The number of nitrogens with one attached hydrogen (secondary N) is 2. The van der Waals surface area contributed by atoms with Gasteiger partial charge in [0, 0.05) is 41.1 Å². The minimum Gasteiger partial charge on any atom is -0.325 e. The van der Waals surface area contributed by atoms with E-state index in [1.165, 1.54) is 0 Å². The molecule has 2 aliphatic heterocycles. The first-order chi connectivity index (χ1) is 16.3. The highest BCUT2D eigenvalue weighted by atomic mass is 35.5. The van der Waals surface area contributed by atoms with Gasteiger partial charge in [0.15, 0.2) is 0 Å². The molecule has 0 bridgehead atoms. The van der Waals surface area contributed by atoms with E-state index in [1.54, 1.807) is 46.9 Å². The Kier molecular flexibility index (Phi) is 6.01. The predicted molar refractivity (Wildman–Crippen MR) is 132 cm³/mol. The molecule has 2 N–H and O–H groups in total. The van der Waals surface area contributed by atoms with Gasteiger partial charge in [0.05, 0.1) is 22.7 Å². The summed E-state index contributed by atoms with van der Waals surface area (Å²) in [6.45, 7) is 3.25. The highest BCUT2D eigenvalue weighted by molar-refractivity contribution is 7.89. The summed E-state index contributed by atoms with van der Waals surface area (Å²) in [6.07, 6.45) is 3.55. The molecule has 176 valence electrons. The number of carbonyl (C=O) groups is 1. The second kappa shape index (κ2) is 8.98. The second-order valence-corrected chi connectivity index (χ2v) is 11.1. The summed E-state index contributed by atoms with van der Waals surface area (Å²) in [5, 5.41) is 6.50. The van der Waals surface area contributed by atoms with Crippen LogP contribution >= 0.6 is 11.6 Å². The molecular weight excluding hydrogens is 474 g/mol. The zero-order valence-electron chi connectivity index (χ0n) is 18.6. The van der Waals surface area contributed by atoms with Gasteiger partial charge in [-0.05, 0) is 61.2 Å². The topological polar surface area (TPSA) is 104 Å². The molecule has 0 radical (unpaired) electrons. The van der Waals surface area contributed by atoms with Crippen LogP contribution in [0.25, 0.3) is 11.3 Å². The summed E-state index contributed by atoms with van der Waals surface area (Å²) in [6, 6.07) is 11.9. The molecule has 1 saturated heterocycles. The highest BCUT2D eigenvalue weighted by Crippen LogP contribution is 2.35. The van der Waals surface area contributed by atoms with Crippen LogP contribution in [0.2, 0.25) is 5.02 Å². The summed E-state index contributed by atoms with van der Waals surface area (Å²) in [4.78, 5) is 21.5. The fourth-order valence-electron chi connectivity index (χ4n) is 4.24. The quantitative estimate of drug-likeness (QED) is 0.551. The van der Waals surface area contributed by atoms with Gasteiger partial charge in [0.2, 0.25) is 21.9 Å². The van der Waals surface area contributed by atoms with Crippen LogP contribution in [-0.2, 0) is 21.2 Å². The first-order valence-electron chi connectivity index (χ1n) is 11.1. The van der Waals surface area contributed by atoms with Crippen molar-refractivity contribution in [1.82, 2.24) is 14.3 Å². The number of hydrogen-bond donors (Lipinski definition) is 2. The van der Waals surface area contributed by atoms with E-state index in [0.29, 0.717) is 52.6 Å². The summed E-state index contributed by atoms with van der Waals surface area (Å²) in [5.74, 6) is 0.734. The molecule has 2 aliphatic rings. The van der Waals surface area contributed by atoms with Gasteiger partial charge in [-0.3, -0.25) is 4.79 Å². The first-order valence-corrected chi connectivity index (χ1v) is 12.9. The third-order valence-corrected chi connectivity index (χ3v) is 8.37. The molecule has 0 atom stereocenters. The minimum atomic E-state index is -3.51. The van der Waals surface area contributed by atoms with E-state index in [4.69, 9.17) is 11.6 Å². The number of amides is 1. The fraction of sp³-hybridized carbons (Fsp3) is 0.292. The molecule has 3 aromatic rings. The van der Waals surface area contributed by atoms with Crippen molar-refractivity contribution in [2.24, 2.45) is 5.92 Å². The normalized spacial score (nSPS) is 16.8. The van der Waals surface area contributed by atoms with Gasteiger partial charge in [-0.1, -0.05) is 18.5 Å². The fourth-order valence-corrected chi connectivity index (χ4v) is 5.88. The summed E-state index contributed by atoms with van der Waals surface area (Å²) >= 11 is 6.10. The van der Waals surface area contributed by atoms with E-state index in [9.17, 15) is 13.2 Å². The maximum absolute atomic E-state index is 13.0. The van der Waals surface area contributed by atoms with E-state index in [0.717, 1.165) is 18.4 Å². The number of rotatable bonds is 4. The maximum atomic E-state index is 13.0. The highest BCUT2D eigenvalue weighted by Gasteiger charge is 2.28. The molecular formula is C24H24ClN5O3S. The summed E-state index contributed by atoms with van der Waals surface area (Å²) in [7, 11) is -3.51. The number of benzene rings is 2. The lowest BCUT2D eigenvalue weighted by Gasteiger charge is -2.29. The van der Waals surface area contributed by atoms with Crippen LogP contribution < -0.4 is 10.6 Å². The molecule has 1 aromatic heterocycles. The molecule has 0 unspecified atom stereocenters. The Morgan fingerprint density at radius 2 is 1.85 bits per heavy atom. The number of carbonyl (C=O) groups excluding carboxylic acids is 1. The van der Waals surface area contributed by atoms with Crippen LogP contribution in [-0.4, -0.2) is 41.7 Å². The van der Waals surface area contributed by atoms with E-state index in [1.807, 2.05) is 6.07 Å². The van der Waals surface area contributed by atoms with Gasteiger partial charge < -0.3 is 10.6 Å². The van der Waals surface area contributed by atoms with Crippen molar-refractivity contribution in [3.8, 4) is 11.3 Å². The van der Waals surface area contributed by atoms with Crippen LogP contribution in [0.3, 0.4) is 0 Å². The number of fused-ring (bicyclic) bond motifs is 3. The average molecular weight is 498 g/mol. The van der Waals surface area contributed by atoms with Crippen molar-refractivity contribution < 1.29 is 13.2 Å². The van der Waals surface area contributed by atoms with Gasteiger partial charge in [0.1, 0.15) is 0 Å². The average Bonchev–Trinajstić information content (AvgIpc) is 2.94. The monoisotopic (exact) mass is 497 g/mol. The maximum Gasteiger partial charge on any atom is 0.243 e. The van der Waals surface area contributed by atoms with Gasteiger partial charge in [0.25, 0.3) is 0 Å². The lowest BCUT2D eigenvalue weighted by molar-refractivity contribution is -0.115. The van der Waals surface area contributed by atoms with Crippen molar-refractivity contribution >= 4 is 44.9 Å². The summed E-state index contributed by atoms with van der Waals surface area (Å²) < 4.78 is 27.5. The lowest BCUT2D eigenvalue weighted by atomic mass is 10.0. The van der Waals surface area contributed by atoms with Gasteiger partial charge >= 0.3 is 0 Å². The predicted octanol–water partition coefficient (Wildman–Crippen LogP) is 4.46. The Labute approximate surface area is 203 Å². The SMILES string of the molecule is CC1CCN(S(=O)(=O)c2ccc(Nc3ncc4c(n3)-c3ccc(Cl)cc3NC(=O)C4)cc2)CC1. The smallest absolute Gasteiger partial charge is 0.243 e. The van der Waals surface area contributed by atoms with Crippen molar-refractivity contribution in [3.63, 3.8) is 0 Å². The van der Waals surface area contributed by atoms with Crippen molar-refractivity contribution in [1.29, 1.82) is 0 Å². The van der Waals surface area contributed by atoms with Gasteiger partial charge in [-0.25, -0.2) is 18.4 Å². The Balaban J connectivity index is 1.39. The molecule has 0 aliphatic carbocycles. The molecule has 1 amide bonds. The van der Waals surface area contributed by atoms with E-state index < -0.39 is 10.0 Å². The summed E-state index contributed by atoms with van der Waals surface area (Å²) in [5.41, 5.74) is 3.36. The second-order valence-electron chi connectivity index (χ2n) is 8.72. The number of aromatic nitrogens is 2. The third-order valence-electron chi connectivity index (χ3n) is 6.22. The number of halogens is 1. The van der Waals surface area contributed by atoms with Crippen LogP contribution in [0.1, 0.15) is 25.3 Å². The van der Waals surface area contributed by atoms with Gasteiger partial charge in [-0.15, -0.1) is 0 Å². The van der Waals surface area contributed by atoms with Crippen LogP contribution in [0.4, 0.5) is 17.3 Å². The van der Waals surface area contributed by atoms with Gasteiger partial charge in [-0.2, -0.15) is 4.31 Å². The van der Waals surface area contributed by atoms with Crippen molar-refractivity contribution in [2.75, 3.05) is 23.7 Å². The van der Waals surface area contributed by atoms with E-state index >= 15 is 0 Å². The Morgan fingerprint density at radius 3 is 2.59 bits per heavy atom. The molecule has 2 aromatic carbocycles. The number of piperidine rings is 1. The van der Waals surface area contributed by atoms with Crippen molar-refractivity contribution in [3.05, 3.63) is 59.2 Å².